The number of hydrogen-bond donors (Lipinski definition) is 2. The topological polar surface area (TPSA) is 58.4 Å². The monoisotopic (exact) mass is 215 g/mol. The molecule has 0 fully saturated rings. The molecule has 0 aromatic rings. The Balaban J connectivity index is 4.63. The molecule has 0 aliphatic carbocycles. The van der Waals surface area contributed by atoms with E-state index in [1.54, 1.807) is 4.90 Å². The Morgan fingerprint density at radius 3 is 2.13 bits per heavy atom. The van der Waals surface area contributed by atoms with E-state index in [9.17, 15) is 4.79 Å². The predicted molar refractivity (Wildman–Crippen MR) is 63.8 cm³/mol. The highest BCUT2D eigenvalue weighted by molar-refractivity contribution is 5.75. The normalized spacial score (nSPS) is 11.7. The lowest BCUT2D eigenvalue weighted by molar-refractivity contribution is 0.128. The van der Waals surface area contributed by atoms with Gasteiger partial charge in [-0.1, -0.05) is 13.8 Å². The zero-order valence-electron chi connectivity index (χ0n) is 10.6. The van der Waals surface area contributed by atoms with Gasteiger partial charge in [0.2, 0.25) is 0 Å². The van der Waals surface area contributed by atoms with Gasteiger partial charge in [0.25, 0.3) is 0 Å². The summed E-state index contributed by atoms with van der Waals surface area (Å²) in [5, 5.41) is 2.88. The quantitative estimate of drug-likeness (QED) is 0.731. The van der Waals surface area contributed by atoms with Crippen LogP contribution in [-0.4, -0.2) is 36.1 Å². The molecular formula is C11H25N3O. The second-order valence-electron chi connectivity index (χ2n) is 4.30. The smallest absolute Gasteiger partial charge is 0.317 e. The van der Waals surface area contributed by atoms with Gasteiger partial charge >= 0.3 is 6.03 Å². The van der Waals surface area contributed by atoms with Crippen LogP contribution in [0.1, 0.15) is 40.5 Å². The minimum absolute atomic E-state index is 0.0425. The van der Waals surface area contributed by atoms with E-state index in [2.05, 4.69) is 19.2 Å². The minimum atomic E-state index is -0.209. The van der Waals surface area contributed by atoms with Crippen LogP contribution >= 0.6 is 0 Å². The maximum atomic E-state index is 11.8. The molecule has 0 rings (SSSR count). The van der Waals surface area contributed by atoms with Crippen molar-refractivity contribution >= 4 is 6.03 Å². The van der Waals surface area contributed by atoms with E-state index < -0.39 is 0 Å². The Labute approximate surface area is 93.2 Å². The van der Waals surface area contributed by atoms with Crippen molar-refractivity contribution in [2.75, 3.05) is 13.6 Å². The molecule has 15 heavy (non-hydrogen) atoms. The van der Waals surface area contributed by atoms with Crippen molar-refractivity contribution in [1.29, 1.82) is 0 Å². The summed E-state index contributed by atoms with van der Waals surface area (Å²) in [5.74, 6) is 0. The van der Waals surface area contributed by atoms with Gasteiger partial charge in [-0.2, -0.15) is 0 Å². The van der Waals surface area contributed by atoms with Crippen molar-refractivity contribution in [3.05, 3.63) is 0 Å². The number of likely N-dealkylation sites (N-methyl/N-ethyl adjacent to an activating group) is 1. The number of carbonyl (C=O) groups is 1. The van der Waals surface area contributed by atoms with Crippen LogP contribution in [0.4, 0.5) is 4.79 Å². The lowest BCUT2D eigenvalue weighted by Crippen LogP contribution is -2.57. The molecule has 0 bridgehead atoms. The van der Waals surface area contributed by atoms with E-state index >= 15 is 0 Å². The van der Waals surface area contributed by atoms with Crippen molar-refractivity contribution in [3.63, 3.8) is 0 Å². The molecule has 0 heterocycles. The van der Waals surface area contributed by atoms with E-state index in [0.717, 1.165) is 12.8 Å². The van der Waals surface area contributed by atoms with Crippen LogP contribution in [0.15, 0.2) is 0 Å². The third-order valence-corrected chi connectivity index (χ3v) is 3.12. The van der Waals surface area contributed by atoms with Crippen LogP contribution < -0.4 is 11.1 Å². The van der Waals surface area contributed by atoms with Gasteiger partial charge in [0, 0.05) is 19.6 Å². The van der Waals surface area contributed by atoms with Crippen molar-refractivity contribution in [2.45, 2.75) is 52.1 Å². The van der Waals surface area contributed by atoms with E-state index in [4.69, 9.17) is 5.73 Å². The zero-order valence-corrected chi connectivity index (χ0v) is 10.6. The first-order valence-corrected chi connectivity index (χ1v) is 5.68. The largest absolute Gasteiger partial charge is 0.336 e. The van der Waals surface area contributed by atoms with Crippen LogP contribution in [0.2, 0.25) is 0 Å². The zero-order chi connectivity index (χ0) is 12.1. The summed E-state index contributed by atoms with van der Waals surface area (Å²) >= 11 is 0. The van der Waals surface area contributed by atoms with Gasteiger partial charge in [-0.15, -0.1) is 0 Å². The summed E-state index contributed by atoms with van der Waals surface area (Å²) in [7, 11) is 1.82. The average Bonchev–Trinajstić information content (AvgIpc) is 2.20. The summed E-state index contributed by atoms with van der Waals surface area (Å²) in [6.45, 7) is 8.54. The first-order valence-electron chi connectivity index (χ1n) is 5.68. The van der Waals surface area contributed by atoms with Crippen molar-refractivity contribution in [1.82, 2.24) is 10.2 Å². The fourth-order valence-corrected chi connectivity index (χ4v) is 1.71. The number of nitrogens with two attached hydrogens (primary N) is 1. The first kappa shape index (κ1) is 14.2. The molecule has 3 N–H and O–H groups in total. The molecule has 0 aliphatic heterocycles. The van der Waals surface area contributed by atoms with E-state index in [-0.39, 0.29) is 17.6 Å². The van der Waals surface area contributed by atoms with Gasteiger partial charge in [-0.3, -0.25) is 0 Å². The number of nitrogens with zero attached hydrogens (tertiary/aromatic N) is 1. The lowest BCUT2D eigenvalue weighted by Gasteiger charge is -2.40. The molecule has 0 saturated heterocycles. The highest BCUT2D eigenvalue weighted by Gasteiger charge is 2.32. The summed E-state index contributed by atoms with van der Waals surface area (Å²) in [6, 6.07) is 0.114. The molecule has 0 aliphatic rings. The van der Waals surface area contributed by atoms with Crippen LogP contribution in [-0.2, 0) is 0 Å². The van der Waals surface area contributed by atoms with Gasteiger partial charge in [0.15, 0.2) is 0 Å². The molecule has 0 atom stereocenters. The number of amides is 2. The minimum Gasteiger partial charge on any atom is -0.336 e. The predicted octanol–water partition coefficient (Wildman–Crippen LogP) is 1.55. The molecule has 0 spiro atoms. The number of hydrogen-bond acceptors (Lipinski definition) is 2. The van der Waals surface area contributed by atoms with Gasteiger partial charge in [-0.25, -0.2) is 4.79 Å². The maximum absolute atomic E-state index is 11.8. The third-order valence-electron chi connectivity index (χ3n) is 3.12. The number of rotatable bonds is 5. The van der Waals surface area contributed by atoms with Gasteiger partial charge in [0.1, 0.15) is 0 Å². The summed E-state index contributed by atoms with van der Waals surface area (Å²) in [4.78, 5) is 13.6. The Morgan fingerprint density at radius 1 is 1.40 bits per heavy atom. The average molecular weight is 215 g/mol. The number of urea groups is 1. The second kappa shape index (κ2) is 5.95. The van der Waals surface area contributed by atoms with E-state index in [0.29, 0.717) is 6.54 Å². The molecule has 4 nitrogen and oxygen atoms in total. The third kappa shape index (κ3) is 3.38. The van der Waals surface area contributed by atoms with Crippen LogP contribution in [0.3, 0.4) is 0 Å². The Morgan fingerprint density at radius 2 is 1.87 bits per heavy atom. The van der Waals surface area contributed by atoms with Gasteiger partial charge < -0.3 is 16.0 Å². The van der Waals surface area contributed by atoms with E-state index in [1.165, 1.54) is 0 Å². The van der Waals surface area contributed by atoms with E-state index in [1.807, 2.05) is 20.9 Å². The highest BCUT2D eigenvalue weighted by Crippen LogP contribution is 2.21. The van der Waals surface area contributed by atoms with Crippen molar-refractivity contribution in [3.8, 4) is 0 Å². The van der Waals surface area contributed by atoms with Crippen LogP contribution in [0, 0.1) is 0 Å². The molecule has 0 aromatic heterocycles. The first-order chi connectivity index (χ1) is 6.93. The molecule has 0 saturated carbocycles. The second-order valence-corrected chi connectivity index (χ2v) is 4.30. The molecule has 0 aromatic carbocycles. The Hall–Kier alpha value is -0.770. The highest BCUT2D eigenvalue weighted by atomic mass is 16.2. The van der Waals surface area contributed by atoms with Gasteiger partial charge in [0.05, 0.1) is 5.54 Å². The number of nitrogens with one attached hydrogen (secondary N) is 1. The van der Waals surface area contributed by atoms with Crippen molar-refractivity contribution in [2.24, 2.45) is 5.73 Å². The van der Waals surface area contributed by atoms with Gasteiger partial charge in [-0.05, 0) is 26.7 Å². The molecule has 0 radical (unpaired) electrons. The molecular weight excluding hydrogens is 190 g/mol. The van der Waals surface area contributed by atoms with Crippen molar-refractivity contribution < 1.29 is 4.79 Å². The molecule has 2 amide bonds. The summed E-state index contributed by atoms with van der Waals surface area (Å²) < 4.78 is 0. The Kier molecular flexibility index (Phi) is 5.65. The molecule has 0 unspecified atom stereocenters. The fraction of sp³-hybridized carbons (Fsp3) is 0.909. The molecule has 90 valence electrons. The Bertz CT molecular complexity index is 192. The lowest BCUT2D eigenvalue weighted by atomic mass is 9.91. The van der Waals surface area contributed by atoms with Crippen LogP contribution in [0.5, 0.6) is 0 Å². The summed E-state index contributed by atoms with van der Waals surface area (Å²) in [6.07, 6.45) is 1.75. The molecule has 4 heteroatoms. The fourth-order valence-electron chi connectivity index (χ4n) is 1.71. The summed E-state index contributed by atoms with van der Waals surface area (Å²) in [5.41, 5.74) is 5.57. The maximum Gasteiger partial charge on any atom is 0.317 e. The standard InChI is InChI=1S/C11H25N3O/c1-6-11(7-2,8-12)14(5)10(15)13-9(3)4/h9H,6-8,12H2,1-5H3,(H,13,15). The number of carbonyl (C=O) groups excluding carboxylic acids is 1. The van der Waals surface area contributed by atoms with Crippen LogP contribution in [0.25, 0.3) is 0 Å². The SMILES string of the molecule is CCC(CC)(CN)N(C)C(=O)NC(C)C.